The number of hydrogen-bond donors (Lipinski definition) is 1. The van der Waals surface area contributed by atoms with Crippen LogP contribution in [-0.4, -0.2) is 35.7 Å². The number of nitrogens with zero attached hydrogens (tertiary/aromatic N) is 3. The zero-order chi connectivity index (χ0) is 20.1. The molecule has 1 aliphatic heterocycles. The second-order valence-corrected chi connectivity index (χ2v) is 6.18. The SMILES string of the molecule is CC1=NN(c2ccc(C(=O)OCC(=O)Nc3ccc([N+](=O)[O-])cc3)cc2)CC1. The highest BCUT2D eigenvalue weighted by Crippen LogP contribution is 2.20. The van der Waals surface area contributed by atoms with Crippen LogP contribution in [0.2, 0.25) is 0 Å². The van der Waals surface area contributed by atoms with Crippen molar-refractivity contribution in [1.82, 2.24) is 0 Å². The van der Waals surface area contributed by atoms with Gasteiger partial charge in [0, 0.05) is 36.5 Å². The number of anilines is 2. The highest BCUT2D eigenvalue weighted by molar-refractivity contribution is 5.95. The number of non-ortho nitro benzene ring substituents is 1. The molecule has 144 valence electrons. The molecule has 3 rings (SSSR count). The van der Waals surface area contributed by atoms with Crippen molar-refractivity contribution >= 4 is 34.7 Å². The highest BCUT2D eigenvalue weighted by atomic mass is 16.6. The molecule has 1 heterocycles. The first-order chi connectivity index (χ1) is 13.4. The van der Waals surface area contributed by atoms with Gasteiger partial charge in [-0.1, -0.05) is 0 Å². The quantitative estimate of drug-likeness (QED) is 0.467. The second-order valence-electron chi connectivity index (χ2n) is 6.18. The molecule has 2 aromatic carbocycles. The van der Waals surface area contributed by atoms with E-state index in [0.29, 0.717) is 11.3 Å². The van der Waals surface area contributed by atoms with Crippen molar-refractivity contribution < 1.29 is 19.2 Å². The first kappa shape index (κ1) is 19.0. The maximum Gasteiger partial charge on any atom is 0.338 e. The van der Waals surface area contributed by atoms with Crippen LogP contribution in [0.1, 0.15) is 23.7 Å². The fourth-order valence-corrected chi connectivity index (χ4v) is 2.61. The molecule has 0 fully saturated rings. The van der Waals surface area contributed by atoms with Crippen molar-refractivity contribution in [3.05, 3.63) is 64.2 Å². The number of hydrogen-bond acceptors (Lipinski definition) is 7. The molecule has 9 heteroatoms. The molecule has 0 aromatic heterocycles. The van der Waals surface area contributed by atoms with Crippen molar-refractivity contribution in [2.75, 3.05) is 23.5 Å². The second kappa shape index (κ2) is 8.30. The van der Waals surface area contributed by atoms with Gasteiger partial charge in [-0.15, -0.1) is 0 Å². The third-order valence-electron chi connectivity index (χ3n) is 4.07. The van der Waals surface area contributed by atoms with Gasteiger partial charge >= 0.3 is 5.97 Å². The lowest BCUT2D eigenvalue weighted by Gasteiger charge is -2.13. The molecule has 2 aromatic rings. The lowest BCUT2D eigenvalue weighted by molar-refractivity contribution is -0.384. The van der Waals surface area contributed by atoms with E-state index in [1.807, 2.05) is 11.9 Å². The number of carbonyl (C=O) groups excluding carboxylic acids is 2. The summed E-state index contributed by atoms with van der Waals surface area (Å²) in [5, 5.41) is 19.4. The van der Waals surface area contributed by atoms with E-state index < -0.39 is 23.4 Å². The highest BCUT2D eigenvalue weighted by Gasteiger charge is 2.15. The van der Waals surface area contributed by atoms with E-state index in [4.69, 9.17) is 4.74 Å². The van der Waals surface area contributed by atoms with Crippen molar-refractivity contribution in [2.24, 2.45) is 5.10 Å². The molecule has 0 atom stereocenters. The standard InChI is InChI=1S/C19H18N4O5/c1-13-10-11-22(21-13)16-6-2-14(3-7-16)19(25)28-12-18(24)20-15-4-8-17(9-5-15)23(26)27/h2-9H,10-12H2,1H3,(H,20,24). The average molecular weight is 382 g/mol. The van der Waals surface area contributed by atoms with Crippen LogP contribution < -0.4 is 10.3 Å². The van der Waals surface area contributed by atoms with Crippen LogP contribution in [0.25, 0.3) is 0 Å². The lowest BCUT2D eigenvalue weighted by Crippen LogP contribution is -2.21. The first-order valence-electron chi connectivity index (χ1n) is 8.55. The van der Waals surface area contributed by atoms with Gasteiger partial charge in [-0.05, 0) is 43.3 Å². The fraction of sp³-hybridized carbons (Fsp3) is 0.211. The zero-order valence-corrected chi connectivity index (χ0v) is 15.1. The topological polar surface area (TPSA) is 114 Å². The van der Waals surface area contributed by atoms with Crippen molar-refractivity contribution in [2.45, 2.75) is 13.3 Å². The van der Waals surface area contributed by atoms with Crippen molar-refractivity contribution in [1.29, 1.82) is 0 Å². The van der Waals surface area contributed by atoms with E-state index in [2.05, 4.69) is 10.4 Å². The molecule has 0 saturated heterocycles. The smallest absolute Gasteiger partial charge is 0.338 e. The summed E-state index contributed by atoms with van der Waals surface area (Å²) in [6.45, 7) is 2.30. The molecule has 0 radical (unpaired) electrons. The summed E-state index contributed by atoms with van der Waals surface area (Å²) in [6, 6.07) is 12.1. The summed E-state index contributed by atoms with van der Waals surface area (Å²) in [5.74, 6) is -1.16. The number of amides is 1. The third kappa shape index (κ3) is 4.70. The average Bonchev–Trinajstić information content (AvgIpc) is 3.13. The Kier molecular flexibility index (Phi) is 5.64. The Labute approximate surface area is 160 Å². The van der Waals surface area contributed by atoms with Gasteiger partial charge in [0.25, 0.3) is 11.6 Å². The lowest BCUT2D eigenvalue weighted by atomic mass is 10.2. The molecule has 0 saturated carbocycles. The fourth-order valence-electron chi connectivity index (χ4n) is 2.61. The summed E-state index contributed by atoms with van der Waals surface area (Å²) in [5.41, 5.74) is 2.55. The molecular weight excluding hydrogens is 364 g/mol. The molecule has 1 amide bonds. The number of benzene rings is 2. The van der Waals surface area contributed by atoms with Crippen LogP contribution in [0, 0.1) is 10.1 Å². The summed E-state index contributed by atoms with van der Waals surface area (Å²) in [6.07, 6.45) is 0.910. The Morgan fingerprint density at radius 3 is 2.43 bits per heavy atom. The molecule has 0 aliphatic carbocycles. The van der Waals surface area contributed by atoms with Crippen molar-refractivity contribution in [3.8, 4) is 0 Å². The van der Waals surface area contributed by atoms with E-state index in [-0.39, 0.29) is 5.69 Å². The van der Waals surface area contributed by atoms with E-state index in [1.165, 1.54) is 24.3 Å². The van der Waals surface area contributed by atoms with Gasteiger partial charge in [0.05, 0.1) is 16.2 Å². The van der Waals surface area contributed by atoms with Gasteiger partial charge in [-0.25, -0.2) is 4.79 Å². The molecule has 9 nitrogen and oxygen atoms in total. The van der Waals surface area contributed by atoms with Crippen LogP contribution in [0.15, 0.2) is 53.6 Å². The molecule has 1 N–H and O–H groups in total. The minimum atomic E-state index is -0.619. The van der Waals surface area contributed by atoms with Crippen LogP contribution in [0.3, 0.4) is 0 Å². The predicted molar refractivity (Wildman–Crippen MR) is 104 cm³/mol. The summed E-state index contributed by atoms with van der Waals surface area (Å²) >= 11 is 0. The number of esters is 1. The van der Waals surface area contributed by atoms with Gasteiger partial charge in [0.1, 0.15) is 0 Å². The Bertz CT molecular complexity index is 922. The van der Waals surface area contributed by atoms with Crippen LogP contribution >= 0.6 is 0 Å². The van der Waals surface area contributed by atoms with Crippen LogP contribution in [0.4, 0.5) is 17.1 Å². The predicted octanol–water partition coefficient (Wildman–Crippen LogP) is 2.98. The Morgan fingerprint density at radius 1 is 1.18 bits per heavy atom. The summed E-state index contributed by atoms with van der Waals surface area (Å²) < 4.78 is 5.01. The van der Waals surface area contributed by atoms with E-state index >= 15 is 0 Å². The van der Waals surface area contributed by atoms with Gasteiger partial charge in [-0.2, -0.15) is 5.10 Å². The van der Waals surface area contributed by atoms with Gasteiger partial charge < -0.3 is 10.1 Å². The normalized spacial score (nSPS) is 13.0. The van der Waals surface area contributed by atoms with E-state index in [9.17, 15) is 19.7 Å². The monoisotopic (exact) mass is 382 g/mol. The third-order valence-corrected chi connectivity index (χ3v) is 4.07. The maximum absolute atomic E-state index is 12.1. The van der Waals surface area contributed by atoms with Gasteiger partial charge in [0.15, 0.2) is 6.61 Å². The summed E-state index contributed by atoms with van der Waals surface area (Å²) in [4.78, 5) is 34.0. The number of carbonyl (C=O) groups is 2. The van der Waals surface area contributed by atoms with Crippen molar-refractivity contribution in [3.63, 3.8) is 0 Å². The Hall–Kier alpha value is -3.75. The Balaban J connectivity index is 1.50. The Morgan fingerprint density at radius 2 is 1.86 bits per heavy atom. The molecular formula is C19H18N4O5. The first-order valence-corrected chi connectivity index (χ1v) is 8.55. The molecule has 28 heavy (non-hydrogen) atoms. The zero-order valence-electron chi connectivity index (χ0n) is 15.1. The number of hydrazone groups is 1. The minimum Gasteiger partial charge on any atom is -0.452 e. The van der Waals surface area contributed by atoms with Crippen LogP contribution in [-0.2, 0) is 9.53 Å². The number of ether oxygens (including phenoxy) is 1. The number of nitro groups is 1. The molecule has 1 aliphatic rings. The van der Waals surface area contributed by atoms with Crippen LogP contribution in [0.5, 0.6) is 0 Å². The van der Waals surface area contributed by atoms with Gasteiger partial charge in [-0.3, -0.25) is 19.9 Å². The summed E-state index contributed by atoms with van der Waals surface area (Å²) in [7, 11) is 0. The number of rotatable bonds is 6. The minimum absolute atomic E-state index is 0.0809. The molecule has 0 bridgehead atoms. The largest absolute Gasteiger partial charge is 0.452 e. The maximum atomic E-state index is 12.1. The van der Waals surface area contributed by atoms with E-state index in [0.717, 1.165) is 24.4 Å². The van der Waals surface area contributed by atoms with Gasteiger partial charge in [0.2, 0.25) is 0 Å². The molecule has 0 unspecified atom stereocenters. The number of nitro benzene ring substituents is 1. The number of nitrogens with one attached hydrogen (secondary N) is 1. The molecule has 0 spiro atoms. The van der Waals surface area contributed by atoms with E-state index in [1.54, 1.807) is 24.3 Å².